The molecule has 2 aromatic carbocycles. The summed E-state index contributed by atoms with van der Waals surface area (Å²) in [5, 5.41) is 2.78. The van der Waals surface area contributed by atoms with Gasteiger partial charge in [0.1, 0.15) is 6.04 Å². The number of esters is 1. The first-order chi connectivity index (χ1) is 12.5. The zero-order valence-electron chi connectivity index (χ0n) is 15.0. The molecule has 3 rings (SSSR count). The number of hydrogen-bond acceptors (Lipinski definition) is 4. The molecule has 6 nitrogen and oxygen atoms in total. The fourth-order valence-corrected chi connectivity index (χ4v) is 2.80. The van der Waals surface area contributed by atoms with Crippen molar-refractivity contribution in [3.63, 3.8) is 0 Å². The summed E-state index contributed by atoms with van der Waals surface area (Å²) < 4.78 is 6.70. The van der Waals surface area contributed by atoms with E-state index in [2.05, 4.69) is 10.3 Å². The fourth-order valence-electron chi connectivity index (χ4n) is 2.80. The van der Waals surface area contributed by atoms with Crippen LogP contribution in [0.5, 0.6) is 0 Å². The molecule has 0 spiro atoms. The average Bonchev–Trinajstić information content (AvgIpc) is 3.02. The van der Waals surface area contributed by atoms with Crippen LogP contribution < -0.4 is 5.32 Å². The van der Waals surface area contributed by atoms with Gasteiger partial charge in [0, 0.05) is 19.0 Å². The third-order valence-corrected chi connectivity index (χ3v) is 4.34. The molecule has 0 fully saturated rings. The number of amides is 1. The molecular formula is C20H21N3O3. The molecule has 1 amide bonds. The molecule has 0 aliphatic rings. The van der Waals surface area contributed by atoms with Crippen LogP contribution in [0.25, 0.3) is 11.0 Å². The Morgan fingerprint density at radius 2 is 1.92 bits per heavy atom. The number of carbonyl (C=O) groups excluding carboxylic acids is 2. The molecule has 0 saturated heterocycles. The van der Waals surface area contributed by atoms with Crippen LogP contribution in [0.15, 0.2) is 48.8 Å². The largest absolute Gasteiger partial charge is 0.467 e. The van der Waals surface area contributed by atoms with Gasteiger partial charge in [-0.1, -0.05) is 29.8 Å². The number of carbonyl (C=O) groups is 2. The first kappa shape index (κ1) is 17.7. The van der Waals surface area contributed by atoms with Crippen molar-refractivity contribution >= 4 is 22.9 Å². The Kier molecular flexibility index (Phi) is 5.02. The van der Waals surface area contributed by atoms with Crippen molar-refractivity contribution in [1.29, 1.82) is 0 Å². The minimum Gasteiger partial charge on any atom is -0.467 e. The third-order valence-electron chi connectivity index (χ3n) is 4.34. The van der Waals surface area contributed by atoms with Gasteiger partial charge in [0.2, 0.25) is 0 Å². The van der Waals surface area contributed by atoms with Crippen LogP contribution in [0.4, 0.5) is 0 Å². The van der Waals surface area contributed by atoms with Gasteiger partial charge in [-0.3, -0.25) is 4.79 Å². The van der Waals surface area contributed by atoms with E-state index in [1.54, 1.807) is 24.5 Å². The molecule has 134 valence electrons. The molecule has 1 atom stereocenters. The summed E-state index contributed by atoms with van der Waals surface area (Å²) in [6.07, 6.45) is 2.06. The normalized spacial score (nSPS) is 12.0. The highest BCUT2D eigenvalue weighted by atomic mass is 16.5. The first-order valence-electron chi connectivity index (χ1n) is 8.33. The number of methoxy groups -OCH3 is 1. The van der Waals surface area contributed by atoms with Crippen LogP contribution in [0.2, 0.25) is 0 Å². The van der Waals surface area contributed by atoms with Gasteiger partial charge in [0.05, 0.1) is 24.5 Å². The lowest BCUT2D eigenvalue weighted by Gasteiger charge is -2.17. The summed E-state index contributed by atoms with van der Waals surface area (Å²) in [7, 11) is 3.18. The number of aromatic nitrogens is 2. The summed E-state index contributed by atoms with van der Waals surface area (Å²) >= 11 is 0. The van der Waals surface area contributed by atoms with E-state index in [0.29, 0.717) is 12.0 Å². The number of rotatable bonds is 5. The minimum absolute atomic E-state index is 0.324. The minimum atomic E-state index is -0.752. The van der Waals surface area contributed by atoms with Crippen molar-refractivity contribution in [3.8, 4) is 0 Å². The van der Waals surface area contributed by atoms with Crippen LogP contribution in [0, 0.1) is 6.92 Å². The van der Waals surface area contributed by atoms with E-state index in [4.69, 9.17) is 4.74 Å². The number of aryl methyl sites for hydroxylation is 2. The molecule has 3 aromatic rings. The molecule has 6 heteroatoms. The molecule has 0 bridgehead atoms. The number of ether oxygens (including phenoxy) is 1. The smallest absolute Gasteiger partial charge is 0.328 e. The fraction of sp³-hybridized carbons (Fsp3) is 0.250. The Labute approximate surface area is 151 Å². The van der Waals surface area contributed by atoms with Gasteiger partial charge in [0.25, 0.3) is 5.91 Å². The zero-order chi connectivity index (χ0) is 18.7. The van der Waals surface area contributed by atoms with E-state index in [-0.39, 0.29) is 5.91 Å². The molecule has 0 saturated carbocycles. The van der Waals surface area contributed by atoms with Crippen LogP contribution in [0.1, 0.15) is 21.5 Å². The quantitative estimate of drug-likeness (QED) is 0.717. The van der Waals surface area contributed by atoms with Crippen LogP contribution >= 0.6 is 0 Å². The maximum Gasteiger partial charge on any atom is 0.328 e. The number of nitrogens with one attached hydrogen (secondary N) is 1. The second-order valence-electron chi connectivity index (χ2n) is 6.30. The van der Waals surface area contributed by atoms with Crippen LogP contribution in [-0.4, -0.2) is 34.6 Å². The summed E-state index contributed by atoms with van der Waals surface area (Å²) in [6.45, 7) is 2.00. The van der Waals surface area contributed by atoms with Crippen molar-refractivity contribution in [2.75, 3.05) is 7.11 Å². The lowest BCUT2D eigenvalue weighted by Crippen LogP contribution is -2.43. The van der Waals surface area contributed by atoms with Gasteiger partial charge in [0.15, 0.2) is 0 Å². The Hall–Kier alpha value is -3.15. The SMILES string of the molecule is COC(=O)C(Cc1ccc(C)cc1)NC(=O)c1ccc2ncn(C)c2c1. The highest BCUT2D eigenvalue weighted by Gasteiger charge is 2.23. The molecule has 1 aromatic heterocycles. The molecule has 1 heterocycles. The van der Waals surface area contributed by atoms with E-state index in [0.717, 1.165) is 22.2 Å². The third kappa shape index (κ3) is 3.74. The number of nitrogens with zero attached hydrogens (tertiary/aromatic N) is 2. The summed E-state index contributed by atoms with van der Waals surface area (Å²) in [6, 6.07) is 12.3. The van der Waals surface area contributed by atoms with Crippen molar-refractivity contribution in [2.24, 2.45) is 7.05 Å². The summed E-state index contributed by atoms with van der Waals surface area (Å²) in [4.78, 5) is 29.0. The van der Waals surface area contributed by atoms with Crippen molar-refractivity contribution in [1.82, 2.24) is 14.9 Å². The van der Waals surface area contributed by atoms with Gasteiger partial charge in [-0.15, -0.1) is 0 Å². The standard InChI is InChI=1S/C20H21N3O3/c1-13-4-6-14(7-5-13)10-17(20(25)26-3)22-19(24)15-8-9-16-18(11-15)23(2)12-21-16/h4-9,11-12,17H,10H2,1-3H3,(H,22,24). The van der Waals surface area contributed by atoms with E-state index < -0.39 is 12.0 Å². The Morgan fingerprint density at radius 1 is 1.19 bits per heavy atom. The molecule has 0 aliphatic heterocycles. The van der Waals surface area contributed by atoms with E-state index in [9.17, 15) is 9.59 Å². The molecule has 0 aliphatic carbocycles. The highest BCUT2D eigenvalue weighted by Crippen LogP contribution is 2.15. The van der Waals surface area contributed by atoms with Gasteiger partial charge in [-0.25, -0.2) is 9.78 Å². The van der Waals surface area contributed by atoms with E-state index in [1.807, 2.05) is 42.8 Å². The highest BCUT2D eigenvalue weighted by molar-refractivity contribution is 5.99. The number of imidazole rings is 1. The number of fused-ring (bicyclic) bond motifs is 1. The van der Waals surface area contributed by atoms with Crippen molar-refractivity contribution in [2.45, 2.75) is 19.4 Å². The summed E-state index contributed by atoms with van der Waals surface area (Å²) in [5.74, 6) is -0.795. The lowest BCUT2D eigenvalue weighted by molar-refractivity contribution is -0.142. The molecule has 1 unspecified atom stereocenters. The Balaban J connectivity index is 1.80. The van der Waals surface area contributed by atoms with Gasteiger partial charge < -0.3 is 14.6 Å². The molecular weight excluding hydrogens is 330 g/mol. The Morgan fingerprint density at radius 3 is 2.62 bits per heavy atom. The predicted molar refractivity (Wildman–Crippen MR) is 98.9 cm³/mol. The maximum atomic E-state index is 12.6. The Bertz CT molecular complexity index is 945. The number of hydrogen-bond donors (Lipinski definition) is 1. The van der Waals surface area contributed by atoms with E-state index in [1.165, 1.54) is 7.11 Å². The van der Waals surface area contributed by atoms with Gasteiger partial charge in [-0.2, -0.15) is 0 Å². The van der Waals surface area contributed by atoms with Crippen LogP contribution in [0.3, 0.4) is 0 Å². The summed E-state index contributed by atoms with van der Waals surface area (Å²) in [5.41, 5.74) is 4.23. The second-order valence-corrected chi connectivity index (χ2v) is 6.30. The first-order valence-corrected chi connectivity index (χ1v) is 8.33. The van der Waals surface area contributed by atoms with Crippen molar-refractivity contribution < 1.29 is 14.3 Å². The monoisotopic (exact) mass is 351 g/mol. The zero-order valence-corrected chi connectivity index (χ0v) is 15.0. The molecule has 26 heavy (non-hydrogen) atoms. The second kappa shape index (κ2) is 7.39. The molecule has 0 radical (unpaired) electrons. The topological polar surface area (TPSA) is 73.2 Å². The molecule has 1 N–H and O–H groups in total. The number of benzene rings is 2. The van der Waals surface area contributed by atoms with E-state index >= 15 is 0 Å². The predicted octanol–water partition coefficient (Wildman–Crippen LogP) is 2.40. The lowest BCUT2D eigenvalue weighted by atomic mass is 10.0. The van der Waals surface area contributed by atoms with Crippen LogP contribution in [-0.2, 0) is 23.0 Å². The van der Waals surface area contributed by atoms with Gasteiger partial charge >= 0.3 is 5.97 Å². The van der Waals surface area contributed by atoms with Gasteiger partial charge in [-0.05, 0) is 30.7 Å². The van der Waals surface area contributed by atoms with Crippen molar-refractivity contribution in [3.05, 3.63) is 65.5 Å². The maximum absolute atomic E-state index is 12.6. The average molecular weight is 351 g/mol.